The second-order valence-corrected chi connectivity index (χ2v) is 7.23. The summed E-state index contributed by atoms with van der Waals surface area (Å²) in [6.07, 6.45) is 2.33. The minimum atomic E-state index is -3.55. The molecule has 0 amide bonds. The van der Waals surface area contributed by atoms with E-state index in [1.807, 2.05) is 24.3 Å². The second kappa shape index (κ2) is 5.93. The molecule has 0 saturated heterocycles. The molecular formula is C14H19NO4S. The number of aryl methyl sites for hydroxylation is 1. The van der Waals surface area contributed by atoms with E-state index < -0.39 is 16.0 Å². The molecule has 1 aliphatic rings. The van der Waals surface area contributed by atoms with Gasteiger partial charge in [-0.15, -0.1) is 0 Å². The summed E-state index contributed by atoms with van der Waals surface area (Å²) in [4.78, 5) is 10.6. The van der Waals surface area contributed by atoms with Crippen molar-refractivity contribution >= 4 is 16.0 Å². The molecule has 1 aromatic carbocycles. The Kier molecular flexibility index (Phi) is 4.45. The highest BCUT2D eigenvalue weighted by Gasteiger charge is 2.30. The van der Waals surface area contributed by atoms with Crippen LogP contribution in [0.2, 0.25) is 0 Å². The Balaban J connectivity index is 2.22. The van der Waals surface area contributed by atoms with Gasteiger partial charge in [0.1, 0.15) is 0 Å². The summed E-state index contributed by atoms with van der Waals surface area (Å²) in [6, 6.07) is 7.68. The van der Waals surface area contributed by atoms with Crippen LogP contribution in [0.3, 0.4) is 0 Å². The molecule has 0 spiro atoms. The minimum absolute atomic E-state index is 0.182. The van der Waals surface area contributed by atoms with Crippen LogP contribution in [0.15, 0.2) is 24.3 Å². The fraction of sp³-hybridized carbons (Fsp3) is 0.500. The lowest BCUT2D eigenvalue weighted by Gasteiger charge is -2.32. The van der Waals surface area contributed by atoms with Gasteiger partial charge in [0.05, 0.1) is 12.2 Å². The van der Waals surface area contributed by atoms with Crippen LogP contribution >= 0.6 is 0 Å². The SMILES string of the molecule is CN(C1CCCc2ccccc21)S(=O)(=O)CCC(=O)O. The van der Waals surface area contributed by atoms with Crippen molar-refractivity contribution in [2.45, 2.75) is 31.7 Å². The van der Waals surface area contributed by atoms with Crippen molar-refractivity contribution in [1.82, 2.24) is 4.31 Å². The number of hydrogen-bond acceptors (Lipinski definition) is 3. The van der Waals surface area contributed by atoms with Gasteiger partial charge in [-0.3, -0.25) is 4.79 Å². The van der Waals surface area contributed by atoms with E-state index in [-0.39, 0.29) is 18.2 Å². The molecule has 0 saturated carbocycles. The average molecular weight is 297 g/mol. The average Bonchev–Trinajstić information content (AvgIpc) is 2.44. The van der Waals surface area contributed by atoms with Crippen molar-refractivity contribution in [2.75, 3.05) is 12.8 Å². The Labute approximate surface area is 119 Å². The van der Waals surface area contributed by atoms with E-state index >= 15 is 0 Å². The van der Waals surface area contributed by atoms with E-state index in [4.69, 9.17) is 5.11 Å². The quantitative estimate of drug-likeness (QED) is 0.899. The van der Waals surface area contributed by atoms with Gasteiger partial charge >= 0.3 is 5.97 Å². The van der Waals surface area contributed by atoms with Crippen molar-refractivity contribution in [3.63, 3.8) is 0 Å². The van der Waals surface area contributed by atoms with Gasteiger partial charge in [-0.2, -0.15) is 4.31 Å². The number of carbonyl (C=O) groups is 1. The zero-order valence-corrected chi connectivity index (χ0v) is 12.3. The summed E-state index contributed by atoms with van der Waals surface area (Å²) in [6.45, 7) is 0. The van der Waals surface area contributed by atoms with Crippen molar-refractivity contribution in [3.05, 3.63) is 35.4 Å². The number of rotatable bonds is 5. The third kappa shape index (κ3) is 3.19. The number of carboxylic acids is 1. The van der Waals surface area contributed by atoms with Gasteiger partial charge in [0.2, 0.25) is 10.0 Å². The Morgan fingerprint density at radius 2 is 2.10 bits per heavy atom. The van der Waals surface area contributed by atoms with E-state index in [1.54, 1.807) is 7.05 Å². The molecule has 20 heavy (non-hydrogen) atoms. The third-order valence-corrected chi connectivity index (χ3v) is 5.64. The monoisotopic (exact) mass is 297 g/mol. The molecule has 5 nitrogen and oxygen atoms in total. The lowest BCUT2D eigenvalue weighted by Crippen LogP contribution is -2.35. The number of benzene rings is 1. The van der Waals surface area contributed by atoms with Gasteiger partial charge in [-0.05, 0) is 30.4 Å². The zero-order chi connectivity index (χ0) is 14.8. The van der Waals surface area contributed by atoms with E-state index in [0.29, 0.717) is 0 Å². The van der Waals surface area contributed by atoms with Gasteiger partial charge in [0, 0.05) is 13.1 Å². The Morgan fingerprint density at radius 3 is 2.80 bits per heavy atom. The van der Waals surface area contributed by atoms with Crippen molar-refractivity contribution < 1.29 is 18.3 Å². The van der Waals surface area contributed by atoms with Crippen molar-refractivity contribution in [3.8, 4) is 0 Å². The first-order valence-corrected chi connectivity index (χ1v) is 8.28. The van der Waals surface area contributed by atoms with Crippen LogP contribution in [0.4, 0.5) is 0 Å². The van der Waals surface area contributed by atoms with Gasteiger partial charge in [0.25, 0.3) is 0 Å². The smallest absolute Gasteiger partial charge is 0.304 e. The Morgan fingerprint density at radius 1 is 1.40 bits per heavy atom. The molecule has 6 heteroatoms. The van der Waals surface area contributed by atoms with Crippen LogP contribution in [0.1, 0.15) is 36.4 Å². The minimum Gasteiger partial charge on any atom is -0.481 e. The standard InChI is InChI=1S/C14H19NO4S/c1-15(20(18,19)10-9-14(16)17)13-8-4-6-11-5-2-3-7-12(11)13/h2-3,5,7,13H,4,6,8-10H2,1H3,(H,16,17). The molecule has 0 radical (unpaired) electrons. The molecule has 0 aliphatic heterocycles. The van der Waals surface area contributed by atoms with Crippen LogP contribution in [-0.4, -0.2) is 36.6 Å². The molecule has 1 atom stereocenters. The molecule has 0 aromatic heterocycles. The number of hydrogen-bond donors (Lipinski definition) is 1. The third-order valence-electron chi connectivity index (χ3n) is 3.79. The molecule has 1 aromatic rings. The van der Waals surface area contributed by atoms with E-state index in [0.717, 1.165) is 24.8 Å². The topological polar surface area (TPSA) is 74.7 Å². The molecule has 0 fully saturated rings. The van der Waals surface area contributed by atoms with Crippen LogP contribution in [0.5, 0.6) is 0 Å². The van der Waals surface area contributed by atoms with Crippen molar-refractivity contribution in [1.29, 1.82) is 0 Å². The Hall–Kier alpha value is -1.40. The maximum Gasteiger partial charge on any atom is 0.304 e. The van der Waals surface area contributed by atoms with Gasteiger partial charge < -0.3 is 5.11 Å². The summed E-state index contributed by atoms with van der Waals surface area (Å²) < 4.78 is 25.8. The molecule has 1 aliphatic carbocycles. The predicted molar refractivity (Wildman–Crippen MR) is 75.9 cm³/mol. The second-order valence-electron chi connectivity index (χ2n) is 5.08. The normalized spacial score (nSPS) is 18.8. The number of carboxylic acid groups (broad SMARTS) is 1. The first-order chi connectivity index (χ1) is 9.42. The highest BCUT2D eigenvalue weighted by atomic mass is 32.2. The van der Waals surface area contributed by atoms with Crippen LogP contribution in [0, 0.1) is 0 Å². The zero-order valence-electron chi connectivity index (χ0n) is 11.4. The summed E-state index contributed by atoms with van der Waals surface area (Å²) in [5.74, 6) is -1.44. The number of fused-ring (bicyclic) bond motifs is 1. The summed E-state index contributed by atoms with van der Waals surface area (Å²) in [5.41, 5.74) is 2.23. The lowest BCUT2D eigenvalue weighted by atomic mass is 9.88. The fourth-order valence-electron chi connectivity index (χ4n) is 2.66. The van der Waals surface area contributed by atoms with Crippen molar-refractivity contribution in [2.24, 2.45) is 0 Å². The summed E-state index contributed by atoms with van der Waals surface area (Å²) in [5, 5.41) is 8.64. The predicted octanol–water partition coefficient (Wildman–Crippen LogP) is 1.80. The molecule has 1 N–H and O–H groups in total. The maximum atomic E-state index is 12.2. The highest BCUT2D eigenvalue weighted by Crippen LogP contribution is 2.34. The lowest BCUT2D eigenvalue weighted by molar-refractivity contribution is -0.136. The fourth-order valence-corrected chi connectivity index (χ4v) is 3.99. The van der Waals surface area contributed by atoms with Crippen LogP contribution < -0.4 is 0 Å². The summed E-state index contributed by atoms with van der Waals surface area (Å²) >= 11 is 0. The first-order valence-electron chi connectivity index (χ1n) is 6.67. The number of sulfonamides is 1. The van der Waals surface area contributed by atoms with E-state index in [9.17, 15) is 13.2 Å². The highest BCUT2D eigenvalue weighted by molar-refractivity contribution is 7.89. The molecule has 0 bridgehead atoms. The Bertz CT molecular complexity index is 597. The molecule has 1 unspecified atom stereocenters. The number of aliphatic carboxylic acids is 1. The molecule has 110 valence electrons. The van der Waals surface area contributed by atoms with E-state index in [1.165, 1.54) is 9.87 Å². The molecular weight excluding hydrogens is 278 g/mol. The summed E-state index contributed by atoms with van der Waals surface area (Å²) in [7, 11) is -2.00. The molecule has 2 rings (SSSR count). The largest absolute Gasteiger partial charge is 0.481 e. The van der Waals surface area contributed by atoms with Gasteiger partial charge in [-0.1, -0.05) is 24.3 Å². The molecule has 0 heterocycles. The van der Waals surface area contributed by atoms with Crippen LogP contribution in [-0.2, 0) is 21.2 Å². The van der Waals surface area contributed by atoms with E-state index in [2.05, 4.69) is 0 Å². The maximum absolute atomic E-state index is 12.2. The first kappa shape index (κ1) is 15.0. The van der Waals surface area contributed by atoms with Crippen LogP contribution in [0.25, 0.3) is 0 Å². The van der Waals surface area contributed by atoms with Gasteiger partial charge in [0.15, 0.2) is 0 Å². The number of nitrogens with zero attached hydrogens (tertiary/aromatic N) is 1. The van der Waals surface area contributed by atoms with Gasteiger partial charge in [-0.25, -0.2) is 8.42 Å².